The number of carbonyl (C=O) groups is 1. The van der Waals surface area contributed by atoms with E-state index in [1.54, 1.807) is 0 Å². The van der Waals surface area contributed by atoms with Gasteiger partial charge in [0.25, 0.3) is 0 Å². The lowest BCUT2D eigenvalue weighted by Gasteiger charge is -2.12. The molecule has 0 saturated carbocycles. The van der Waals surface area contributed by atoms with E-state index < -0.39 is 5.97 Å². The Morgan fingerprint density at radius 3 is 2.64 bits per heavy atom. The van der Waals surface area contributed by atoms with Gasteiger partial charge in [-0.2, -0.15) is 0 Å². The molecule has 6 nitrogen and oxygen atoms in total. The molecule has 2 rings (SSSR count). The second kappa shape index (κ2) is 10.8. The summed E-state index contributed by atoms with van der Waals surface area (Å²) in [4.78, 5) is 21.9. The molecular weight excluding hydrogens is 340 g/mol. The number of rotatable bonds is 10. The van der Waals surface area contributed by atoms with E-state index in [4.69, 9.17) is 5.11 Å². The number of unbranched alkanes of at least 4 members (excludes halogenated alkanes) is 2. The maximum atomic E-state index is 10.5. The molecule has 0 bridgehead atoms. The predicted octanol–water partition coefficient (Wildman–Crippen LogP) is 3.21. The van der Waals surface area contributed by atoms with Crippen LogP contribution in [-0.2, 0) is 11.2 Å². The van der Waals surface area contributed by atoms with E-state index in [-0.39, 0.29) is 18.8 Å². The average Bonchev–Trinajstić information content (AvgIpc) is 2.55. The van der Waals surface area contributed by atoms with Gasteiger partial charge in [-0.3, -0.25) is 4.79 Å². The van der Waals surface area contributed by atoms with E-state index in [2.05, 4.69) is 20.2 Å². The molecule has 2 aromatic rings. The van der Waals surface area contributed by atoms with Gasteiger partial charge in [0.1, 0.15) is 11.6 Å². The summed E-state index contributed by atoms with van der Waals surface area (Å²) in [5.74, 6) is 0.985. The number of carboxylic acids is 1. The van der Waals surface area contributed by atoms with Crippen LogP contribution in [0.4, 0.5) is 5.82 Å². The van der Waals surface area contributed by atoms with E-state index in [1.807, 2.05) is 38.4 Å². The number of likely N-dealkylation sites (N-methyl/N-ethyl adjacent to an activating group) is 1. The van der Waals surface area contributed by atoms with Crippen LogP contribution in [0.3, 0.4) is 0 Å². The third-order valence-corrected chi connectivity index (χ3v) is 3.79. The predicted molar refractivity (Wildman–Crippen MR) is 104 cm³/mol. The van der Waals surface area contributed by atoms with Crippen LogP contribution in [0.1, 0.15) is 31.5 Å². The fraction of sp³-hybridized carbons (Fsp3) is 0.500. The van der Waals surface area contributed by atoms with Crippen molar-refractivity contribution >= 4 is 35.1 Å². The second-order valence-corrected chi connectivity index (χ2v) is 6.19. The molecule has 1 aromatic heterocycles. The maximum absolute atomic E-state index is 10.5. The monoisotopic (exact) mass is 366 g/mol. The quantitative estimate of drug-likeness (QED) is 0.628. The lowest BCUT2D eigenvalue weighted by Crippen LogP contribution is -2.17. The van der Waals surface area contributed by atoms with Crippen molar-refractivity contribution in [2.24, 2.45) is 0 Å². The Morgan fingerprint density at radius 1 is 1.16 bits per heavy atom. The fourth-order valence-corrected chi connectivity index (χ4v) is 2.48. The maximum Gasteiger partial charge on any atom is 0.303 e. The number of fused-ring (bicyclic) bond motifs is 1. The van der Waals surface area contributed by atoms with Gasteiger partial charge < -0.3 is 15.3 Å². The summed E-state index contributed by atoms with van der Waals surface area (Å²) in [5, 5.41) is 13.1. The van der Waals surface area contributed by atoms with Crippen LogP contribution in [0.2, 0.25) is 0 Å². The molecule has 138 valence electrons. The van der Waals surface area contributed by atoms with E-state index in [0.29, 0.717) is 0 Å². The molecule has 0 aliphatic rings. The van der Waals surface area contributed by atoms with Gasteiger partial charge in [-0.15, -0.1) is 12.4 Å². The first kappa shape index (κ1) is 21.1. The Hall–Kier alpha value is -1.92. The van der Waals surface area contributed by atoms with Gasteiger partial charge in [0, 0.05) is 31.3 Å². The third kappa shape index (κ3) is 7.23. The molecule has 0 aliphatic heterocycles. The first-order valence-corrected chi connectivity index (χ1v) is 8.42. The highest BCUT2D eigenvalue weighted by atomic mass is 35.5. The van der Waals surface area contributed by atoms with Crippen molar-refractivity contribution in [3.05, 3.63) is 30.1 Å². The molecule has 0 fully saturated rings. The number of hydrogen-bond acceptors (Lipinski definition) is 5. The van der Waals surface area contributed by atoms with Crippen LogP contribution in [0, 0.1) is 0 Å². The van der Waals surface area contributed by atoms with Crippen molar-refractivity contribution in [3.63, 3.8) is 0 Å². The highest BCUT2D eigenvalue weighted by Gasteiger charge is 2.07. The number of aromatic nitrogens is 2. The molecule has 1 aromatic carbocycles. The summed E-state index contributed by atoms with van der Waals surface area (Å²) >= 11 is 0. The molecule has 0 saturated heterocycles. The Bertz CT molecular complexity index is 679. The minimum atomic E-state index is -0.727. The van der Waals surface area contributed by atoms with Gasteiger partial charge in [0.05, 0.1) is 5.52 Å². The Labute approximate surface area is 155 Å². The number of nitrogens with one attached hydrogen (secondary N) is 1. The zero-order chi connectivity index (χ0) is 17.4. The van der Waals surface area contributed by atoms with Crippen LogP contribution < -0.4 is 5.32 Å². The number of hydrogen-bond donors (Lipinski definition) is 2. The largest absolute Gasteiger partial charge is 0.481 e. The molecule has 2 N–H and O–H groups in total. The van der Waals surface area contributed by atoms with Crippen LogP contribution >= 0.6 is 12.4 Å². The second-order valence-electron chi connectivity index (χ2n) is 6.19. The standard InChI is InChI=1S/C18H26N4O2.ClH/c1-22(2)13-11-16-20-15-9-6-5-8-14(15)18(21-16)19-12-7-3-4-10-17(23)24;/h5-6,8-9H,3-4,7,10-13H2,1-2H3,(H,23,24)(H,19,20,21);1H. The fourth-order valence-electron chi connectivity index (χ4n) is 2.48. The lowest BCUT2D eigenvalue weighted by atomic mass is 10.2. The summed E-state index contributed by atoms with van der Waals surface area (Å²) in [5.41, 5.74) is 0.953. The van der Waals surface area contributed by atoms with Crippen molar-refractivity contribution in [1.82, 2.24) is 14.9 Å². The number of halogens is 1. The van der Waals surface area contributed by atoms with Gasteiger partial charge in [-0.1, -0.05) is 18.6 Å². The average molecular weight is 367 g/mol. The van der Waals surface area contributed by atoms with Crippen LogP contribution in [-0.4, -0.2) is 53.1 Å². The Balaban J connectivity index is 0.00000312. The summed E-state index contributed by atoms with van der Waals surface area (Å²) in [6.07, 6.45) is 3.60. The van der Waals surface area contributed by atoms with Crippen molar-refractivity contribution in [2.45, 2.75) is 32.1 Å². The number of anilines is 1. The van der Waals surface area contributed by atoms with Gasteiger partial charge in [0.15, 0.2) is 0 Å². The summed E-state index contributed by atoms with van der Waals surface area (Å²) in [6.45, 7) is 1.70. The van der Waals surface area contributed by atoms with Gasteiger partial charge in [-0.05, 0) is 39.1 Å². The van der Waals surface area contributed by atoms with E-state index >= 15 is 0 Å². The molecule has 0 atom stereocenters. The minimum absolute atomic E-state index is 0. The first-order chi connectivity index (χ1) is 11.6. The number of carboxylic acid groups (broad SMARTS) is 1. The van der Waals surface area contributed by atoms with E-state index in [9.17, 15) is 4.79 Å². The van der Waals surface area contributed by atoms with E-state index in [0.717, 1.165) is 61.3 Å². The Kier molecular flexibility index (Phi) is 9.16. The lowest BCUT2D eigenvalue weighted by molar-refractivity contribution is -0.137. The van der Waals surface area contributed by atoms with Crippen LogP contribution in [0.25, 0.3) is 10.9 Å². The SMILES string of the molecule is CN(C)CCc1nc(NCCCCCC(=O)O)c2ccccc2n1.Cl. The topological polar surface area (TPSA) is 78.4 Å². The third-order valence-electron chi connectivity index (χ3n) is 3.79. The number of benzene rings is 1. The molecule has 7 heteroatoms. The minimum Gasteiger partial charge on any atom is -0.481 e. The van der Waals surface area contributed by atoms with E-state index in [1.165, 1.54) is 0 Å². The molecule has 0 aliphatic carbocycles. The highest BCUT2D eigenvalue weighted by molar-refractivity contribution is 5.88. The molecule has 0 spiro atoms. The smallest absolute Gasteiger partial charge is 0.303 e. The van der Waals surface area contributed by atoms with Gasteiger partial charge in [0.2, 0.25) is 0 Å². The molecule has 1 heterocycles. The normalized spacial score (nSPS) is 10.7. The molecular formula is C18H27ClN4O2. The zero-order valence-electron chi connectivity index (χ0n) is 14.9. The van der Waals surface area contributed by atoms with Crippen molar-refractivity contribution in [2.75, 3.05) is 32.5 Å². The summed E-state index contributed by atoms with van der Waals surface area (Å²) in [6, 6.07) is 8.01. The highest BCUT2D eigenvalue weighted by Crippen LogP contribution is 2.20. The number of nitrogens with zero attached hydrogens (tertiary/aromatic N) is 3. The Morgan fingerprint density at radius 2 is 1.92 bits per heavy atom. The summed E-state index contributed by atoms with van der Waals surface area (Å²) in [7, 11) is 4.08. The van der Waals surface area contributed by atoms with Crippen molar-refractivity contribution in [1.29, 1.82) is 0 Å². The molecule has 0 amide bonds. The molecule has 25 heavy (non-hydrogen) atoms. The zero-order valence-corrected chi connectivity index (χ0v) is 15.7. The van der Waals surface area contributed by atoms with Gasteiger partial charge >= 0.3 is 5.97 Å². The first-order valence-electron chi connectivity index (χ1n) is 8.42. The summed E-state index contributed by atoms with van der Waals surface area (Å²) < 4.78 is 0. The van der Waals surface area contributed by atoms with Crippen molar-refractivity contribution in [3.8, 4) is 0 Å². The molecule has 0 unspecified atom stereocenters. The molecule has 0 radical (unpaired) electrons. The van der Waals surface area contributed by atoms with Crippen LogP contribution in [0.15, 0.2) is 24.3 Å². The number of para-hydroxylation sites is 1. The number of aliphatic carboxylic acids is 1. The van der Waals surface area contributed by atoms with Crippen LogP contribution in [0.5, 0.6) is 0 Å². The van der Waals surface area contributed by atoms with Crippen molar-refractivity contribution < 1.29 is 9.90 Å². The van der Waals surface area contributed by atoms with Gasteiger partial charge in [-0.25, -0.2) is 9.97 Å².